The Hall–Kier alpha value is -1.10. The quantitative estimate of drug-likeness (QED) is 0.682. The molecule has 5 nitrogen and oxygen atoms in total. The largest absolute Gasteiger partial charge is 0.466 e. The van der Waals surface area contributed by atoms with Crippen molar-refractivity contribution in [3.05, 3.63) is 0 Å². The van der Waals surface area contributed by atoms with Crippen LogP contribution in [0.3, 0.4) is 0 Å². The van der Waals surface area contributed by atoms with Crippen molar-refractivity contribution in [3.63, 3.8) is 0 Å². The lowest BCUT2D eigenvalue weighted by Gasteiger charge is -2.21. The van der Waals surface area contributed by atoms with Crippen LogP contribution in [0.5, 0.6) is 0 Å². The van der Waals surface area contributed by atoms with Gasteiger partial charge in [0, 0.05) is 12.5 Å². The summed E-state index contributed by atoms with van der Waals surface area (Å²) in [6.07, 6.45) is 5.27. The van der Waals surface area contributed by atoms with Crippen molar-refractivity contribution in [1.29, 1.82) is 0 Å². The zero-order valence-corrected chi connectivity index (χ0v) is 11.9. The molecule has 0 saturated heterocycles. The lowest BCUT2D eigenvalue weighted by molar-refractivity contribution is -0.147. The molecular formula is C14H25NO4. The zero-order valence-electron chi connectivity index (χ0n) is 11.9. The first-order valence-corrected chi connectivity index (χ1v) is 7.25. The highest BCUT2D eigenvalue weighted by atomic mass is 16.5. The van der Waals surface area contributed by atoms with E-state index in [2.05, 4.69) is 5.32 Å². The molecule has 1 N–H and O–H groups in total. The number of hydrogen-bond acceptors (Lipinski definition) is 5. The molecule has 0 heterocycles. The number of hydrogen-bond donors (Lipinski definition) is 1. The molecule has 1 aliphatic rings. The van der Waals surface area contributed by atoms with Gasteiger partial charge < -0.3 is 14.8 Å². The lowest BCUT2D eigenvalue weighted by Crippen LogP contribution is -2.43. The molecule has 0 amide bonds. The molecule has 110 valence electrons. The Labute approximate surface area is 115 Å². The van der Waals surface area contributed by atoms with E-state index in [1.54, 1.807) is 13.8 Å². The summed E-state index contributed by atoms with van der Waals surface area (Å²) in [6, 6.07) is -0.0240. The van der Waals surface area contributed by atoms with Gasteiger partial charge >= 0.3 is 11.9 Å². The second-order valence-electron chi connectivity index (χ2n) is 4.80. The minimum Gasteiger partial charge on any atom is -0.466 e. The van der Waals surface area contributed by atoms with Crippen molar-refractivity contribution in [2.24, 2.45) is 0 Å². The predicted octanol–water partition coefficient (Wildman–Crippen LogP) is 1.79. The van der Waals surface area contributed by atoms with Crippen molar-refractivity contribution in [2.75, 3.05) is 13.2 Å². The van der Waals surface area contributed by atoms with Gasteiger partial charge in [0.15, 0.2) is 0 Å². The van der Waals surface area contributed by atoms with Crippen LogP contribution in [0.4, 0.5) is 0 Å². The molecule has 1 fully saturated rings. The fourth-order valence-corrected chi connectivity index (χ4v) is 2.38. The summed E-state index contributed by atoms with van der Waals surface area (Å²) < 4.78 is 9.94. The third-order valence-electron chi connectivity index (χ3n) is 3.31. The maximum Gasteiger partial charge on any atom is 0.323 e. The summed E-state index contributed by atoms with van der Waals surface area (Å²) >= 11 is 0. The molecule has 5 heteroatoms. The molecule has 0 bridgehead atoms. The van der Waals surface area contributed by atoms with Crippen molar-refractivity contribution in [1.82, 2.24) is 5.32 Å². The minimum atomic E-state index is -0.396. The molecule has 1 rings (SSSR count). The SMILES string of the molecule is CCOC(=O)CCC(NC1CCCC1)C(=O)OCC. The van der Waals surface area contributed by atoms with Gasteiger partial charge in [-0.1, -0.05) is 12.8 Å². The van der Waals surface area contributed by atoms with Gasteiger partial charge in [0.2, 0.25) is 0 Å². The van der Waals surface area contributed by atoms with E-state index in [0.29, 0.717) is 25.7 Å². The summed E-state index contributed by atoms with van der Waals surface area (Å²) in [5, 5.41) is 3.32. The van der Waals surface area contributed by atoms with E-state index >= 15 is 0 Å². The van der Waals surface area contributed by atoms with Gasteiger partial charge in [0.1, 0.15) is 6.04 Å². The van der Waals surface area contributed by atoms with Crippen LogP contribution >= 0.6 is 0 Å². The smallest absolute Gasteiger partial charge is 0.323 e. The summed E-state index contributed by atoms with van der Waals surface area (Å²) in [6.45, 7) is 4.30. The van der Waals surface area contributed by atoms with E-state index in [4.69, 9.17) is 9.47 Å². The number of rotatable bonds is 8. The molecule has 0 aromatic rings. The average Bonchev–Trinajstić information content (AvgIpc) is 2.88. The number of nitrogens with one attached hydrogen (secondary N) is 1. The van der Waals surface area contributed by atoms with E-state index in [9.17, 15) is 9.59 Å². The van der Waals surface area contributed by atoms with E-state index in [1.807, 2.05) is 0 Å². The first-order chi connectivity index (χ1) is 9.17. The average molecular weight is 271 g/mol. The summed E-state index contributed by atoms with van der Waals surface area (Å²) in [7, 11) is 0. The molecule has 0 aromatic carbocycles. The van der Waals surface area contributed by atoms with Crippen LogP contribution in [0.15, 0.2) is 0 Å². The van der Waals surface area contributed by atoms with Gasteiger partial charge in [-0.15, -0.1) is 0 Å². The molecule has 1 unspecified atom stereocenters. The zero-order chi connectivity index (χ0) is 14.1. The highest BCUT2D eigenvalue weighted by Crippen LogP contribution is 2.19. The second kappa shape index (κ2) is 8.91. The van der Waals surface area contributed by atoms with Crippen LogP contribution in [0.1, 0.15) is 52.4 Å². The highest BCUT2D eigenvalue weighted by Gasteiger charge is 2.25. The summed E-state index contributed by atoms with van der Waals surface area (Å²) in [5.74, 6) is -0.524. The standard InChI is InChI=1S/C14H25NO4/c1-3-18-13(16)10-9-12(14(17)19-4-2)15-11-7-5-6-8-11/h11-12,15H,3-10H2,1-2H3. The molecule has 1 aliphatic carbocycles. The van der Waals surface area contributed by atoms with E-state index in [1.165, 1.54) is 12.8 Å². The third-order valence-corrected chi connectivity index (χ3v) is 3.31. The van der Waals surface area contributed by atoms with E-state index in [-0.39, 0.29) is 18.4 Å². The van der Waals surface area contributed by atoms with Gasteiger partial charge in [-0.25, -0.2) is 0 Å². The van der Waals surface area contributed by atoms with Crippen molar-refractivity contribution in [2.45, 2.75) is 64.5 Å². The summed E-state index contributed by atoms with van der Waals surface area (Å²) in [4.78, 5) is 23.2. The lowest BCUT2D eigenvalue weighted by atomic mass is 10.1. The van der Waals surface area contributed by atoms with Gasteiger partial charge in [-0.2, -0.15) is 0 Å². The van der Waals surface area contributed by atoms with Gasteiger partial charge in [0.05, 0.1) is 13.2 Å². The van der Waals surface area contributed by atoms with Crippen LogP contribution in [0.2, 0.25) is 0 Å². The van der Waals surface area contributed by atoms with Crippen molar-refractivity contribution in [3.8, 4) is 0 Å². The number of esters is 2. The van der Waals surface area contributed by atoms with Crippen LogP contribution in [0, 0.1) is 0 Å². The fourth-order valence-electron chi connectivity index (χ4n) is 2.38. The topological polar surface area (TPSA) is 64.6 Å². The molecular weight excluding hydrogens is 246 g/mol. The monoisotopic (exact) mass is 271 g/mol. The first kappa shape index (κ1) is 16.0. The molecule has 19 heavy (non-hydrogen) atoms. The molecule has 0 spiro atoms. The normalized spacial score (nSPS) is 17.2. The Morgan fingerprint density at radius 3 is 2.37 bits per heavy atom. The Balaban J connectivity index is 2.43. The van der Waals surface area contributed by atoms with Gasteiger partial charge in [-0.3, -0.25) is 9.59 Å². The van der Waals surface area contributed by atoms with E-state index < -0.39 is 6.04 Å². The van der Waals surface area contributed by atoms with Crippen molar-refractivity contribution < 1.29 is 19.1 Å². The Bertz CT molecular complexity index is 287. The van der Waals surface area contributed by atoms with Crippen LogP contribution in [-0.2, 0) is 19.1 Å². The fraction of sp³-hybridized carbons (Fsp3) is 0.857. The Morgan fingerprint density at radius 1 is 1.16 bits per heavy atom. The molecule has 0 aromatic heterocycles. The predicted molar refractivity (Wildman–Crippen MR) is 71.7 cm³/mol. The molecule has 1 saturated carbocycles. The summed E-state index contributed by atoms with van der Waals surface area (Å²) in [5.41, 5.74) is 0. The highest BCUT2D eigenvalue weighted by molar-refractivity contribution is 5.77. The van der Waals surface area contributed by atoms with Gasteiger partial charge in [0.25, 0.3) is 0 Å². The molecule has 0 radical (unpaired) electrons. The van der Waals surface area contributed by atoms with E-state index in [0.717, 1.165) is 12.8 Å². The number of carbonyl (C=O) groups excluding carboxylic acids is 2. The maximum absolute atomic E-state index is 11.9. The Kier molecular flexibility index (Phi) is 7.48. The van der Waals surface area contributed by atoms with Crippen LogP contribution in [0.25, 0.3) is 0 Å². The second-order valence-corrected chi connectivity index (χ2v) is 4.80. The third kappa shape index (κ3) is 6.05. The van der Waals surface area contributed by atoms with Crippen molar-refractivity contribution >= 4 is 11.9 Å². The van der Waals surface area contributed by atoms with Crippen LogP contribution in [-0.4, -0.2) is 37.2 Å². The van der Waals surface area contributed by atoms with Crippen LogP contribution < -0.4 is 5.32 Å². The minimum absolute atomic E-state index is 0.247. The molecule has 0 aliphatic heterocycles. The number of ether oxygens (including phenoxy) is 2. The molecule has 1 atom stereocenters. The number of carbonyl (C=O) groups is 2. The van der Waals surface area contributed by atoms with Gasteiger partial charge in [-0.05, 0) is 33.1 Å². The first-order valence-electron chi connectivity index (χ1n) is 7.25. The Morgan fingerprint density at radius 2 is 1.79 bits per heavy atom. The maximum atomic E-state index is 11.9.